The Morgan fingerprint density at radius 3 is 2.61 bits per heavy atom. The van der Waals surface area contributed by atoms with E-state index >= 15 is 0 Å². The molecule has 2 aliphatic heterocycles. The number of ether oxygens (including phenoxy) is 2. The van der Waals surface area contributed by atoms with Crippen molar-refractivity contribution >= 4 is 11.9 Å². The molecule has 8 nitrogen and oxygen atoms in total. The molecule has 2 rings (SSSR count). The summed E-state index contributed by atoms with van der Waals surface area (Å²) in [4.78, 5) is 20.3. The molecule has 0 aromatic heterocycles. The normalized spacial score (nSPS) is 19.6. The van der Waals surface area contributed by atoms with Crippen LogP contribution in [0.3, 0.4) is 0 Å². The number of guanidine groups is 1. The van der Waals surface area contributed by atoms with Crippen LogP contribution in [0.1, 0.15) is 33.1 Å². The number of nitrogens with zero attached hydrogens (tertiary/aromatic N) is 3. The maximum atomic E-state index is 11.4. The van der Waals surface area contributed by atoms with E-state index in [2.05, 4.69) is 27.4 Å². The molecule has 8 heteroatoms. The summed E-state index contributed by atoms with van der Waals surface area (Å²) in [6.07, 6.45) is 3.18. The summed E-state index contributed by atoms with van der Waals surface area (Å²) >= 11 is 0. The predicted molar refractivity (Wildman–Crippen MR) is 112 cm³/mol. The van der Waals surface area contributed by atoms with Crippen molar-refractivity contribution in [2.24, 2.45) is 10.9 Å². The van der Waals surface area contributed by atoms with Crippen molar-refractivity contribution in [3.05, 3.63) is 0 Å². The Morgan fingerprint density at radius 1 is 1.18 bits per heavy atom. The van der Waals surface area contributed by atoms with Crippen LogP contribution in [0.15, 0.2) is 4.99 Å². The molecule has 2 heterocycles. The van der Waals surface area contributed by atoms with Gasteiger partial charge < -0.3 is 25.0 Å². The van der Waals surface area contributed by atoms with E-state index in [9.17, 15) is 4.79 Å². The van der Waals surface area contributed by atoms with Crippen molar-refractivity contribution in [1.82, 2.24) is 20.4 Å². The van der Waals surface area contributed by atoms with E-state index in [1.807, 2.05) is 4.90 Å². The summed E-state index contributed by atoms with van der Waals surface area (Å²) in [7, 11) is 0. The Labute approximate surface area is 170 Å². The number of rotatable bonds is 10. The standard InChI is InChI=1S/C20H39N5O3/c1-3-21-20(22-7-4-14-28-17-19-5-15-27-16-6-19)23-8-9-24-10-12-25(13-11-24)18(2)26/h19H,3-17H2,1-2H3,(H2,21,22,23). The second kappa shape index (κ2) is 13.7. The summed E-state index contributed by atoms with van der Waals surface area (Å²) in [5.41, 5.74) is 0. The second-order valence-corrected chi connectivity index (χ2v) is 7.52. The first-order valence-corrected chi connectivity index (χ1v) is 10.8. The number of nitrogens with one attached hydrogen (secondary N) is 2. The average Bonchev–Trinajstić information content (AvgIpc) is 2.71. The molecule has 0 spiro atoms. The Morgan fingerprint density at radius 2 is 1.93 bits per heavy atom. The minimum absolute atomic E-state index is 0.177. The SMILES string of the molecule is CCNC(=NCCCOCC1CCOCC1)NCCN1CCN(C(C)=O)CC1. The Balaban J connectivity index is 1.54. The smallest absolute Gasteiger partial charge is 0.219 e. The zero-order valence-corrected chi connectivity index (χ0v) is 17.8. The van der Waals surface area contributed by atoms with E-state index in [1.54, 1.807) is 6.92 Å². The lowest BCUT2D eigenvalue weighted by molar-refractivity contribution is -0.130. The van der Waals surface area contributed by atoms with E-state index in [-0.39, 0.29) is 5.91 Å². The molecule has 162 valence electrons. The predicted octanol–water partition coefficient (Wildman–Crippen LogP) is 0.539. The fourth-order valence-corrected chi connectivity index (χ4v) is 3.48. The number of carbonyl (C=O) groups excluding carboxylic acids is 1. The fraction of sp³-hybridized carbons (Fsp3) is 0.900. The molecule has 0 atom stereocenters. The number of carbonyl (C=O) groups is 1. The van der Waals surface area contributed by atoms with Crippen molar-refractivity contribution in [2.45, 2.75) is 33.1 Å². The second-order valence-electron chi connectivity index (χ2n) is 7.52. The molecule has 0 aliphatic carbocycles. The summed E-state index contributed by atoms with van der Waals surface area (Å²) in [5, 5.41) is 6.70. The highest BCUT2D eigenvalue weighted by Crippen LogP contribution is 2.14. The third-order valence-electron chi connectivity index (χ3n) is 5.29. The monoisotopic (exact) mass is 397 g/mol. The highest BCUT2D eigenvalue weighted by molar-refractivity contribution is 5.79. The first-order chi connectivity index (χ1) is 13.7. The molecule has 28 heavy (non-hydrogen) atoms. The Bertz CT molecular complexity index is 461. The van der Waals surface area contributed by atoms with Crippen molar-refractivity contribution < 1.29 is 14.3 Å². The molecule has 2 fully saturated rings. The lowest BCUT2D eigenvalue weighted by atomic mass is 10.0. The van der Waals surface area contributed by atoms with E-state index < -0.39 is 0 Å². The number of hydrogen-bond acceptors (Lipinski definition) is 5. The molecule has 2 N–H and O–H groups in total. The van der Waals surface area contributed by atoms with Gasteiger partial charge in [-0.2, -0.15) is 0 Å². The molecule has 0 bridgehead atoms. The first-order valence-electron chi connectivity index (χ1n) is 10.8. The van der Waals surface area contributed by atoms with Crippen molar-refractivity contribution in [2.75, 3.05) is 78.8 Å². The zero-order chi connectivity index (χ0) is 20.0. The largest absolute Gasteiger partial charge is 0.381 e. The quantitative estimate of drug-likeness (QED) is 0.318. The summed E-state index contributed by atoms with van der Waals surface area (Å²) < 4.78 is 11.2. The van der Waals surface area contributed by atoms with Gasteiger partial charge in [-0.25, -0.2) is 0 Å². The van der Waals surface area contributed by atoms with E-state index in [0.29, 0.717) is 5.92 Å². The van der Waals surface area contributed by atoms with Gasteiger partial charge in [-0.15, -0.1) is 0 Å². The van der Waals surface area contributed by atoms with Crippen LogP contribution >= 0.6 is 0 Å². The van der Waals surface area contributed by atoms with Crippen LogP contribution in [0.2, 0.25) is 0 Å². The van der Waals surface area contributed by atoms with Gasteiger partial charge in [0, 0.05) is 85.7 Å². The molecule has 2 saturated heterocycles. The Kier molecular flexibility index (Phi) is 11.2. The fourth-order valence-electron chi connectivity index (χ4n) is 3.48. The number of amides is 1. The molecule has 0 saturated carbocycles. The van der Waals surface area contributed by atoms with Gasteiger partial charge in [-0.3, -0.25) is 14.7 Å². The van der Waals surface area contributed by atoms with Gasteiger partial charge >= 0.3 is 0 Å². The van der Waals surface area contributed by atoms with Gasteiger partial charge in [-0.1, -0.05) is 0 Å². The maximum Gasteiger partial charge on any atom is 0.219 e. The van der Waals surface area contributed by atoms with E-state index in [1.165, 1.54) is 0 Å². The van der Waals surface area contributed by atoms with Crippen LogP contribution in [0.5, 0.6) is 0 Å². The van der Waals surface area contributed by atoms with Gasteiger partial charge in [0.05, 0.1) is 0 Å². The van der Waals surface area contributed by atoms with Crippen LogP contribution in [0.25, 0.3) is 0 Å². The minimum atomic E-state index is 0.177. The highest BCUT2D eigenvalue weighted by Gasteiger charge is 2.18. The van der Waals surface area contributed by atoms with Gasteiger partial charge in [0.1, 0.15) is 0 Å². The topological polar surface area (TPSA) is 78.4 Å². The zero-order valence-electron chi connectivity index (χ0n) is 17.8. The molecular formula is C20H39N5O3. The molecule has 0 unspecified atom stereocenters. The summed E-state index contributed by atoms with van der Waals surface area (Å²) in [6, 6.07) is 0. The minimum Gasteiger partial charge on any atom is -0.381 e. The first kappa shape index (κ1) is 22.9. The molecule has 0 radical (unpaired) electrons. The molecule has 1 amide bonds. The Hall–Kier alpha value is -1.38. The van der Waals surface area contributed by atoms with Gasteiger partial charge in [0.2, 0.25) is 5.91 Å². The van der Waals surface area contributed by atoms with Gasteiger partial charge in [-0.05, 0) is 32.1 Å². The van der Waals surface area contributed by atoms with Crippen LogP contribution in [-0.4, -0.2) is 100 Å². The van der Waals surface area contributed by atoms with Crippen LogP contribution in [-0.2, 0) is 14.3 Å². The van der Waals surface area contributed by atoms with E-state index in [4.69, 9.17) is 9.47 Å². The third kappa shape index (κ3) is 9.21. The number of aliphatic imine (C=N–C) groups is 1. The van der Waals surface area contributed by atoms with Crippen LogP contribution < -0.4 is 10.6 Å². The van der Waals surface area contributed by atoms with Crippen LogP contribution in [0.4, 0.5) is 0 Å². The third-order valence-corrected chi connectivity index (χ3v) is 5.29. The van der Waals surface area contributed by atoms with Crippen molar-refractivity contribution in [3.8, 4) is 0 Å². The number of piperazine rings is 1. The van der Waals surface area contributed by atoms with E-state index in [0.717, 1.165) is 104 Å². The summed E-state index contributed by atoms with van der Waals surface area (Å²) in [6.45, 7) is 14.1. The van der Waals surface area contributed by atoms with Crippen molar-refractivity contribution in [3.63, 3.8) is 0 Å². The van der Waals surface area contributed by atoms with Crippen LogP contribution in [0, 0.1) is 5.92 Å². The maximum absolute atomic E-state index is 11.4. The van der Waals surface area contributed by atoms with Crippen molar-refractivity contribution in [1.29, 1.82) is 0 Å². The summed E-state index contributed by atoms with van der Waals surface area (Å²) in [5.74, 6) is 1.71. The lowest BCUT2D eigenvalue weighted by Crippen LogP contribution is -2.50. The van der Waals surface area contributed by atoms with Gasteiger partial charge in [0.15, 0.2) is 5.96 Å². The van der Waals surface area contributed by atoms with Gasteiger partial charge in [0.25, 0.3) is 0 Å². The molecule has 0 aromatic carbocycles. The molecular weight excluding hydrogens is 358 g/mol. The number of hydrogen-bond donors (Lipinski definition) is 2. The molecule has 0 aromatic rings. The molecule has 2 aliphatic rings. The lowest BCUT2D eigenvalue weighted by Gasteiger charge is -2.34. The highest BCUT2D eigenvalue weighted by atomic mass is 16.5. The average molecular weight is 398 g/mol.